The zero-order valence-corrected chi connectivity index (χ0v) is 25.1. The van der Waals surface area contributed by atoms with Crippen molar-refractivity contribution in [3.8, 4) is 5.75 Å². The van der Waals surface area contributed by atoms with Gasteiger partial charge in [0.25, 0.3) is 11.8 Å². The van der Waals surface area contributed by atoms with E-state index in [1.54, 1.807) is 35.2 Å². The molecule has 224 valence electrons. The molecule has 1 saturated carbocycles. The number of benzene rings is 2. The molecule has 2 N–H and O–H groups in total. The van der Waals surface area contributed by atoms with E-state index < -0.39 is 6.04 Å². The third-order valence-corrected chi connectivity index (χ3v) is 8.10. The second kappa shape index (κ2) is 14.8. The van der Waals surface area contributed by atoms with E-state index in [2.05, 4.69) is 24.2 Å². The van der Waals surface area contributed by atoms with Gasteiger partial charge < -0.3 is 29.7 Å². The van der Waals surface area contributed by atoms with Crippen LogP contribution in [0.2, 0.25) is 0 Å². The molecular formula is C33H47N3O5. The van der Waals surface area contributed by atoms with Crippen LogP contribution >= 0.6 is 0 Å². The molecule has 0 unspecified atom stereocenters. The minimum Gasteiger partial charge on any atom is -0.490 e. The number of amides is 2. The van der Waals surface area contributed by atoms with Crippen LogP contribution in [0.25, 0.3) is 0 Å². The van der Waals surface area contributed by atoms with Crippen LogP contribution in [0.3, 0.4) is 0 Å². The highest BCUT2D eigenvalue weighted by Crippen LogP contribution is 2.31. The van der Waals surface area contributed by atoms with Crippen LogP contribution in [0, 0.1) is 11.8 Å². The average molecular weight is 566 g/mol. The van der Waals surface area contributed by atoms with Crippen LogP contribution in [-0.4, -0.2) is 84.9 Å². The summed E-state index contributed by atoms with van der Waals surface area (Å²) in [6, 6.07) is 13.8. The molecule has 1 fully saturated rings. The number of aliphatic hydroxyl groups excluding tert-OH is 1. The molecule has 8 heteroatoms. The maximum absolute atomic E-state index is 14.2. The maximum Gasteiger partial charge on any atom is 0.258 e. The molecule has 0 saturated heterocycles. The van der Waals surface area contributed by atoms with Crippen LogP contribution in [0.1, 0.15) is 73.6 Å². The van der Waals surface area contributed by atoms with Gasteiger partial charge in [-0.1, -0.05) is 25.1 Å². The Kier molecular flexibility index (Phi) is 11.2. The summed E-state index contributed by atoms with van der Waals surface area (Å²) in [5, 5.41) is 13.1. The third-order valence-electron chi connectivity index (χ3n) is 8.10. The van der Waals surface area contributed by atoms with E-state index in [9.17, 15) is 14.7 Å². The number of rotatable bonds is 8. The molecule has 4 rings (SSSR count). The third kappa shape index (κ3) is 9.02. The van der Waals surface area contributed by atoms with Crippen LogP contribution < -0.4 is 10.1 Å². The summed E-state index contributed by atoms with van der Waals surface area (Å²) in [6.45, 7) is 8.80. The van der Waals surface area contributed by atoms with Gasteiger partial charge in [-0.25, -0.2) is 0 Å². The topological polar surface area (TPSA) is 91.3 Å². The highest BCUT2D eigenvalue weighted by molar-refractivity contribution is 6.05. The number of hydrogen-bond donors (Lipinski definition) is 2. The largest absolute Gasteiger partial charge is 0.490 e. The molecule has 0 spiro atoms. The number of nitrogens with zero attached hydrogens (tertiary/aromatic N) is 2. The summed E-state index contributed by atoms with van der Waals surface area (Å²) in [7, 11) is 2.15. The molecule has 2 aliphatic rings. The van der Waals surface area contributed by atoms with E-state index in [1.807, 2.05) is 32.0 Å². The lowest BCUT2D eigenvalue weighted by Crippen LogP contribution is -2.47. The van der Waals surface area contributed by atoms with E-state index in [-0.39, 0.29) is 36.5 Å². The summed E-state index contributed by atoms with van der Waals surface area (Å²) < 4.78 is 12.7. The van der Waals surface area contributed by atoms with Gasteiger partial charge in [-0.3, -0.25) is 9.59 Å². The SMILES string of the molecule is C[C@H](CO)N1C[C@H](C)[C@@H](CN(C)CC2CC2)OCCCC[C@H](C)Oc2ccc(NC(=O)c3ccccc3)cc2C1=O. The Bertz CT molecular complexity index is 1140. The van der Waals surface area contributed by atoms with Crippen molar-refractivity contribution in [1.29, 1.82) is 0 Å². The monoisotopic (exact) mass is 565 g/mol. The number of carbonyl (C=O) groups is 2. The van der Waals surface area contributed by atoms with Crippen LogP contribution in [0.4, 0.5) is 5.69 Å². The first-order chi connectivity index (χ1) is 19.7. The first kappa shape index (κ1) is 31.0. The number of aliphatic hydroxyl groups is 1. The fourth-order valence-corrected chi connectivity index (χ4v) is 5.38. The molecule has 0 radical (unpaired) electrons. The number of likely N-dealkylation sites (N-methyl/N-ethyl adjacent to an activating group) is 1. The molecule has 8 nitrogen and oxygen atoms in total. The van der Waals surface area contributed by atoms with Gasteiger partial charge in [-0.15, -0.1) is 0 Å². The Labute approximate surface area is 245 Å². The zero-order valence-electron chi connectivity index (χ0n) is 25.1. The fourth-order valence-electron chi connectivity index (χ4n) is 5.38. The van der Waals surface area contributed by atoms with Gasteiger partial charge in [0.05, 0.1) is 30.4 Å². The van der Waals surface area contributed by atoms with Crippen molar-refractivity contribution in [2.45, 2.75) is 71.1 Å². The first-order valence-corrected chi connectivity index (χ1v) is 15.1. The number of nitrogens with one attached hydrogen (secondary N) is 1. The molecule has 1 aliphatic carbocycles. The van der Waals surface area contributed by atoms with E-state index in [4.69, 9.17) is 9.47 Å². The van der Waals surface area contributed by atoms with E-state index >= 15 is 0 Å². The Hall–Kier alpha value is -2.94. The molecule has 1 aliphatic heterocycles. The minimum atomic E-state index is -0.407. The molecule has 41 heavy (non-hydrogen) atoms. The number of carbonyl (C=O) groups excluding carboxylic acids is 2. The Morgan fingerprint density at radius 2 is 1.85 bits per heavy atom. The lowest BCUT2D eigenvalue weighted by atomic mass is 10.0. The highest BCUT2D eigenvalue weighted by Gasteiger charge is 2.31. The van der Waals surface area contributed by atoms with Crippen molar-refractivity contribution in [2.24, 2.45) is 11.8 Å². The summed E-state index contributed by atoms with van der Waals surface area (Å²) in [5.74, 6) is 0.825. The summed E-state index contributed by atoms with van der Waals surface area (Å²) >= 11 is 0. The van der Waals surface area contributed by atoms with E-state index in [0.29, 0.717) is 35.7 Å². The lowest BCUT2D eigenvalue weighted by molar-refractivity contribution is -0.0172. The van der Waals surface area contributed by atoms with Crippen LogP contribution in [0.15, 0.2) is 48.5 Å². The summed E-state index contributed by atoms with van der Waals surface area (Å²) in [5.41, 5.74) is 1.41. The molecule has 0 bridgehead atoms. The lowest BCUT2D eigenvalue weighted by Gasteiger charge is -2.36. The van der Waals surface area contributed by atoms with Gasteiger partial charge in [0.15, 0.2) is 0 Å². The number of fused-ring (bicyclic) bond motifs is 1. The van der Waals surface area contributed by atoms with Gasteiger partial charge in [0.1, 0.15) is 5.75 Å². The summed E-state index contributed by atoms with van der Waals surface area (Å²) in [4.78, 5) is 31.2. The molecule has 1 heterocycles. The van der Waals surface area contributed by atoms with Crippen LogP contribution in [0.5, 0.6) is 5.75 Å². The van der Waals surface area contributed by atoms with Crippen molar-refractivity contribution in [3.63, 3.8) is 0 Å². The van der Waals surface area contributed by atoms with Crippen LogP contribution in [-0.2, 0) is 4.74 Å². The molecule has 2 aromatic carbocycles. The van der Waals surface area contributed by atoms with Gasteiger partial charge >= 0.3 is 0 Å². The van der Waals surface area contributed by atoms with Crippen molar-refractivity contribution in [3.05, 3.63) is 59.7 Å². The second-order valence-electron chi connectivity index (χ2n) is 12.0. The predicted octanol–water partition coefficient (Wildman–Crippen LogP) is 5.08. The molecule has 4 atom stereocenters. The quantitative estimate of drug-likeness (QED) is 0.464. The van der Waals surface area contributed by atoms with Crippen molar-refractivity contribution >= 4 is 17.5 Å². The van der Waals surface area contributed by atoms with Crippen molar-refractivity contribution in [2.75, 3.05) is 45.2 Å². The van der Waals surface area contributed by atoms with E-state index in [1.165, 1.54) is 12.8 Å². The zero-order chi connectivity index (χ0) is 29.4. The first-order valence-electron chi connectivity index (χ1n) is 15.1. The Balaban J connectivity index is 1.62. The summed E-state index contributed by atoms with van der Waals surface area (Å²) in [6.07, 6.45) is 5.20. The Morgan fingerprint density at radius 1 is 1.10 bits per heavy atom. The fraction of sp³-hybridized carbons (Fsp3) is 0.576. The molecular weight excluding hydrogens is 518 g/mol. The van der Waals surface area contributed by atoms with Gasteiger partial charge in [0, 0.05) is 43.4 Å². The van der Waals surface area contributed by atoms with E-state index in [0.717, 1.165) is 38.3 Å². The van der Waals surface area contributed by atoms with Gasteiger partial charge in [-0.05, 0) is 89.2 Å². The van der Waals surface area contributed by atoms with Crippen molar-refractivity contribution < 1.29 is 24.2 Å². The number of ether oxygens (including phenoxy) is 2. The standard InChI is InChI=1S/C33H47N3O5/c1-23-19-36(24(2)22-37)33(39)29-18-28(34-32(38)27-11-6-5-7-12-27)15-16-30(29)41-25(3)10-8-9-17-40-31(23)21-35(4)20-26-13-14-26/h5-7,11-12,15-16,18,23-26,31,37H,8-10,13-14,17,19-22H2,1-4H3,(H,34,38)/t23-,24+,25-,31+/m0/s1. The van der Waals surface area contributed by atoms with Gasteiger partial charge in [0.2, 0.25) is 0 Å². The van der Waals surface area contributed by atoms with Crippen molar-refractivity contribution in [1.82, 2.24) is 9.80 Å². The molecule has 2 amide bonds. The molecule has 0 aromatic heterocycles. The normalized spacial score (nSPS) is 23.3. The smallest absolute Gasteiger partial charge is 0.258 e. The highest BCUT2D eigenvalue weighted by atomic mass is 16.5. The Morgan fingerprint density at radius 3 is 2.56 bits per heavy atom. The van der Waals surface area contributed by atoms with Gasteiger partial charge in [-0.2, -0.15) is 0 Å². The maximum atomic E-state index is 14.2. The average Bonchev–Trinajstić information content (AvgIpc) is 3.78. The number of hydrogen-bond acceptors (Lipinski definition) is 6. The molecule has 2 aromatic rings. The predicted molar refractivity (Wildman–Crippen MR) is 161 cm³/mol. The second-order valence-corrected chi connectivity index (χ2v) is 12.0. The number of anilines is 1. The minimum absolute atomic E-state index is 0.0347.